The monoisotopic (exact) mass is 476 g/mol. The van der Waals surface area contributed by atoms with Crippen molar-refractivity contribution < 1.29 is 13.9 Å². The number of rotatable bonds is 6. The van der Waals surface area contributed by atoms with E-state index in [1.54, 1.807) is 47.4 Å². The molecule has 0 fully saturated rings. The summed E-state index contributed by atoms with van der Waals surface area (Å²) in [5, 5.41) is 10.6. The van der Waals surface area contributed by atoms with Gasteiger partial charge >= 0.3 is 0 Å². The summed E-state index contributed by atoms with van der Waals surface area (Å²) in [6, 6.07) is 16.0. The van der Waals surface area contributed by atoms with Crippen LogP contribution in [0.25, 0.3) is 27.4 Å². The predicted molar refractivity (Wildman–Crippen MR) is 132 cm³/mol. The molecule has 10 heteroatoms. The fourth-order valence-electron chi connectivity index (χ4n) is 3.95. The molecule has 3 N–H and O–H groups in total. The van der Waals surface area contributed by atoms with Crippen molar-refractivity contribution in [3.05, 3.63) is 76.0 Å². The summed E-state index contributed by atoms with van der Waals surface area (Å²) in [5.74, 6) is 0.517. The van der Waals surface area contributed by atoms with Crippen molar-refractivity contribution in [2.45, 2.75) is 6.54 Å². The zero-order chi connectivity index (χ0) is 23.8. The molecule has 1 amide bonds. The van der Waals surface area contributed by atoms with Crippen molar-refractivity contribution in [2.24, 2.45) is 0 Å². The van der Waals surface area contributed by atoms with E-state index in [1.165, 1.54) is 0 Å². The van der Waals surface area contributed by atoms with Crippen LogP contribution in [0.2, 0.25) is 0 Å². The van der Waals surface area contributed by atoms with Gasteiger partial charge in [0.15, 0.2) is 5.69 Å². The summed E-state index contributed by atoms with van der Waals surface area (Å²) in [6.07, 6.45) is 0. The molecule has 3 aromatic heterocycles. The first-order valence-electron chi connectivity index (χ1n) is 10.4. The molecule has 0 saturated heterocycles. The second-order valence-corrected chi connectivity index (χ2v) is 8.45. The van der Waals surface area contributed by atoms with Gasteiger partial charge in [-0.2, -0.15) is 9.78 Å². The number of nitrogen functional groups attached to an aromatic ring is 1. The standard InChI is InChI=1S/C24H20FN5O3S/c1-33-16-8-6-15(7-9-16)30-24(32)20-17(13-34-22(20)26)21(28-30)23(31)27-19-12-14-4-2-3-5-18(14)29(19)11-10-25/h2-9,12-13H,10-11,26H2,1H3,(H,27,31)/i25-1. The Balaban J connectivity index is 1.63. The first kappa shape index (κ1) is 21.7. The highest BCUT2D eigenvalue weighted by Crippen LogP contribution is 2.29. The molecule has 0 spiro atoms. The molecule has 3 heterocycles. The second-order valence-electron chi connectivity index (χ2n) is 7.54. The van der Waals surface area contributed by atoms with E-state index in [0.717, 1.165) is 26.9 Å². The number of anilines is 2. The van der Waals surface area contributed by atoms with E-state index in [2.05, 4.69) is 10.4 Å². The molecule has 172 valence electrons. The number of amides is 1. The number of para-hydroxylation sites is 1. The first-order valence-corrected chi connectivity index (χ1v) is 11.3. The van der Waals surface area contributed by atoms with Crippen molar-refractivity contribution >= 4 is 49.7 Å². The highest BCUT2D eigenvalue weighted by molar-refractivity contribution is 7.15. The minimum Gasteiger partial charge on any atom is -0.497 e. The molecule has 0 aliphatic carbocycles. The average Bonchev–Trinajstić information content (AvgIpc) is 3.40. The summed E-state index contributed by atoms with van der Waals surface area (Å²) in [4.78, 5) is 26.6. The average molecular weight is 477 g/mol. The lowest BCUT2D eigenvalue weighted by molar-refractivity contribution is 0.102. The number of hydrogen-bond donors (Lipinski definition) is 2. The fraction of sp³-hybridized carbons (Fsp3) is 0.125. The number of carbonyl (C=O) groups excluding carboxylic acids is 1. The van der Waals surface area contributed by atoms with E-state index in [0.29, 0.717) is 27.6 Å². The predicted octanol–water partition coefficient (Wildman–Crippen LogP) is 4.21. The minimum atomic E-state index is -0.590. The molecule has 2 aromatic carbocycles. The normalized spacial score (nSPS) is 11.2. The lowest BCUT2D eigenvalue weighted by Gasteiger charge is -2.12. The number of carbonyl (C=O) groups is 1. The van der Waals surface area contributed by atoms with Crippen LogP contribution in [-0.2, 0) is 6.54 Å². The summed E-state index contributed by atoms with van der Waals surface area (Å²) in [7, 11) is 1.54. The van der Waals surface area contributed by atoms with Gasteiger partial charge in [0, 0.05) is 21.7 Å². The Morgan fingerprint density at radius 1 is 1.21 bits per heavy atom. The van der Waals surface area contributed by atoms with Crippen molar-refractivity contribution in [1.82, 2.24) is 14.3 Å². The molecule has 0 atom stereocenters. The Morgan fingerprint density at radius 3 is 2.71 bits per heavy atom. The Hall–Kier alpha value is -4.18. The number of nitrogens with two attached hydrogens (primary N) is 1. The number of hydrogen-bond acceptors (Lipinski definition) is 6. The third-order valence-corrected chi connectivity index (χ3v) is 6.38. The number of methoxy groups -OCH3 is 1. The van der Waals surface area contributed by atoms with Gasteiger partial charge < -0.3 is 20.4 Å². The van der Waals surface area contributed by atoms with E-state index >= 15 is 0 Å². The summed E-state index contributed by atoms with van der Waals surface area (Å²) < 4.78 is 21.3. The van der Waals surface area contributed by atoms with E-state index in [4.69, 9.17) is 10.5 Å². The summed E-state index contributed by atoms with van der Waals surface area (Å²) in [6.45, 7) is -0.504. The van der Waals surface area contributed by atoms with Crippen LogP contribution in [0.4, 0.5) is 15.2 Å². The molecule has 34 heavy (non-hydrogen) atoms. The third-order valence-electron chi connectivity index (χ3n) is 5.57. The van der Waals surface area contributed by atoms with Gasteiger partial charge in [-0.05, 0) is 36.4 Å². The van der Waals surface area contributed by atoms with Crippen LogP contribution in [0.3, 0.4) is 0 Å². The van der Waals surface area contributed by atoms with Crippen molar-refractivity contribution in [1.29, 1.82) is 0 Å². The number of thiophene rings is 1. The number of aryl methyl sites for hydroxylation is 1. The molecular formula is C24H20FN5O3S. The van der Waals surface area contributed by atoms with Crippen LogP contribution in [0.1, 0.15) is 10.5 Å². The zero-order valence-corrected chi connectivity index (χ0v) is 18.9. The van der Waals surface area contributed by atoms with E-state index in [-0.39, 0.29) is 17.6 Å². The Bertz CT molecular complexity index is 1590. The molecule has 0 aliphatic rings. The number of ether oxygens (including phenoxy) is 1. The number of fused-ring (bicyclic) bond motifs is 2. The van der Waals surface area contributed by atoms with Crippen LogP contribution in [0, 0.1) is 0 Å². The number of aromatic nitrogens is 3. The van der Waals surface area contributed by atoms with Crippen molar-refractivity contribution in [2.75, 3.05) is 24.8 Å². The quantitative estimate of drug-likeness (QED) is 0.382. The lowest BCUT2D eigenvalue weighted by atomic mass is 10.2. The first-order chi connectivity index (χ1) is 16.5. The molecule has 0 radical (unpaired) electrons. The highest BCUT2D eigenvalue weighted by Gasteiger charge is 2.22. The molecule has 0 bridgehead atoms. The molecule has 5 aromatic rings. The van der Waals surface area contributed by atoms with Gasteiger partial charge in [-0.1, -0.05) is 18.2 Å². The molecular weight excluding hydrogens is 456 g/mol. The van der Waals surface area contributed by atoms with Gasteiger partial charge in [0.1, 0.15) is 18.2 Å². The fourth-order valence-corrected chi connectivity index (χ4v) is 4.74. The molecule has 5 rings (SSSR count). The van der Waals surface area contributed by atoms with Gasteiger partial charge in [0.25, 0.3) is 11.5 Å². The van der Waals surface area contributed by atoms with Crippen LogP contribution in [0.15, 0.2) is 64.8 Å². The van der Waals surface area contributed by atoms with Crippen LogP contribution in [-0.4, -0.2) is 34.0 Å². The maximum absolute atomic E-state index is 13.4. The number of benzene rings is 2. The molecule has 8 nitrogen and oxygen atoms in total. The van der Waals surface area contributed by atoms with Gasteiger partial charge in [-0.15, -0.1) is 11.3 Å². The van der Waals surface area contributed by atoms with Crippen molar-refractivity contribution in [3.63, 3.8) is 0 Å². The third kappa shape index (κ3) is 3.57. The minimum absolute atomic E-state index is 0.0374. The number of nitrogens with zero attached hydrogens (tertiary/aromatic N) is 3. The maximum Gasteiger partial charge on any atom is 0.282 e. The van der Waals surface area contributed by atoms with Crippen LogP contribution >= 0.6 is 11.3 Å². The largest absolute Gasteiger partial charge is 0.497 e. The van der Waals surface area contributed by atoms with Crippen molar-refractivity contribution in [3.8, 4) is 11.4 Å². The molecule has 0 saturated carbocycles. The van der Waals surface area contributed by atoms with E-state index in [1.807, 2.05) is 24.3 Å². The van der Waals surface area contributed by atoms with Gasteiger partial charge in [-0.3, -0.25) is 9.59 Å². The molecule has 0 aliphatic heterocycles. The maximum atomic E-state index is 13.4. The highest BCUT2D eigenvalue weighted by atomic mass is 32.1. The summed E-state index contributed by atoms with van der Waals surface area (Å²) >= 11 is 1.16. The number of nitrogens with one attached hydrogen (secondary N) is 1. The van der Waals surface area contributed by atoms with Gasteiger partial charge in [0.2, 0.25) is 0 Å². The van der Waals surface area contributed by atoms with E-state index in [9.17, 15) is 14.0 Å². The molecule has 0 unspecified atom stereocenters. The van der Waals surface area contributed by atoms with Crippen LogP contribution < -0.4 is 21.3 Å². The van der Waals surface area contributed by atoms with E-state index < -0.39 is 18.1 Å². The number of alkyl halides is 1. The smallest absolute Gasteiger partial charge is 0.282 e. The number of halogens is 1. The Labute approximate surface area is 197 Å². The van der Waals surface area contributed by atoms with Crippen LogP contribution in [0.5, 0.6) is 5.75 Å². The topological polar surface area (TPSA) is 104 Å². The van der Waals surface area contributed by atoms with Gasteiger partial charge in [-0.25, -0.2) is 4.39 Å². The lowest BCUT2D eigenvalue weighted by Crippen LogP contribution is -2.26. The Kier molecular flexibility index (Phi) is 5.50. The Morgan fingerprint density at radius 2 is 1.97 bits per heavy atom. The summed E-state index contributed by atoms with van der Waals surface area (Å²) in [5.41, 5.74) is 6.95. The zero-order valence-electron chi connectivity index (χ0n) is 18.1. The second kappa shape index (κ2) is 8.64. The SMILES string of the molecule is COc1ccc(-n2nc(C(=O)Nc3cc4ccccc4n3CC[18F])c3csc(N)c3c2=O)cc1. The van der Waals surface area contributed by atoms with Gasteiger partial charge in [0.05, 0.1) is 29.7 Å².